The van der Waals surface area contributed by atoms with Crippen LogP contribution < -0.4 is 10.2 Å². The SMILES string of the molecule is C[C@@H]1CN(c2cncnc2)Cc2cc(C(=O)Nc3cc(CN4CCN(C)CC4)cc(C(F)(F)F)c3)ccc21. The van der Waals surface area contributed by atoms with E-state index in [0.29, 0.717) is 24.2 Å². The maximum atomic E-state index is 13.7. The van der Waals surface area contributed by atoms with Crippen LogP contribution in [-0.4, -0.2) is 65.4 Å². The minimum Gasteiger partial charge on any atom is -0.364 e. The van der Waals surface area contributed by atoms with E-state index in [4.69, 9.17) is 0 Å². The lowest BCUT2D eigenvalue weighted by Gasteiger charge is -2.34. The molecule has 2 aromatic carbocycles. The molecule has 0 spiro atoms. The average Bonchev–Trinajstić information content (AvgIpc) is 2.89. The fourth-order valence-corrected chi connectivity index (χ4v) is 5.20. The summed E-state index contributed by atoms with van der Waals surface area (Å²) < 4.78 is 41.1. The summed E-state index contributed by atoms with van der Waals surface area (Å²) in [6.45, 7) is 7.22. The van der Waals surface area contributed by atoms with Crippen molar-refractivity contribution in [3.05, 3.63) is 82.9 Å². The Morgan fingerprint density at radius 3 is 2.50 bits per heavy atom. The van der Waals surface area contributed by atoms with Crippen molar-refractivity contribution >= 4 is 17.3 Å². The van der Waals surface area contributed by atoms with E-state index in [9.17, 15) is 18.0 Å². The summed E-state index contributed by atoms with van der Waals surface area (Å²) in [4.78, 5) is 27.9. The second-order valence-electron chi connectivity index (χ2n) is 10.2. The molecule has 1 aromatic heterocycles. The van der Waals surface area contributed by atoms with Crippen LogP contribution in [0.1, 0.15) is 45.5 Å². The molecule has 1 saturated heterocycles. The molecule has 10 heteroatoms. The van der Waals surface area contributed by atoms with E-state index in [2.05, 4.69) is 36.9 Å². The summed E-state index contributed by atoms with van der Waals surface area (Å²) in [6, 6.07) is 9.33. The van der Waals surface area contributed by atoms with E-state index in [-0.39, 0.29) is 11.6 Å². The van der Waals surface area contributed by atoms with Crippen LogP contribution in [0.15, 0.2) is 55.1 Å². The summed E-state index contributed by atoms with van der Waals surface area (Å²) >= 11 is 0. The number of rotatable bonds is 5. The Hall–Kier alpha value is -3.50. The number of aromatic nitrogens is 2. The second kappa shape index (κ2) is 10.7. The number of piperazine rings is 1. The first-order valence-corrected chi connectivity index (χ1v) is 12.7. The van der Waals surface area contributed by atoms with Crippen LogP contribution in [-0.2, 0) is 19.3 Å². The Morgan fingerprint density at radius 2 is 1.79 bits per heavy atom. The van der Waals surface area contributed by atoms with E-state index in [0.717, 1.165) is 55.6 Å². The summed E-state index contributed by atoms with van der Waals surface area (Å²) in [5.74, 6) is -0.206. The minimum atomic E-state index is -4.51. The first-order valence-electron chi connectivity index (χ1n) is 12.7. The number of halogens is 3. The molecule has 1 atom stereocenters. The van der Waals surface area contributed by atoms with Crippen molar-refractivity contribution in [1.82, 2.24) is 19.8 Å². The number of carbonyl (C=O) groups is 1. The van der Waals surface area contributed by atoms with Gasteiger partial charge in [0.05, 0.1) is 23.6 Å². The minimum absolute atomic E-state index is 0.142. The zero-order valence-electron chi connectivity index (χ0n) is 21.5. The maximum absolute atomic E-state index is 13.7. The number of fused-ring (bicyclic) bond motifs is 1. The smallest absolute Gasteiger partial charge is 0.364 e. The average molecular weight is 525 g/mol. The largest absolute Gasteiger partial charge is 0.416 e. The van der Waals surface area contributed by atoms with E-state index < -0.39 is 17.6 Å². The highest BCUT2D eigenvalue weighted by Gasteiger charge is 2.32. The fourth-order valence-electron chi connectivity index (χ4n) is 5.20. The van der Waals surface area contributed by atoms with Crippen molar-refractivity contribution in [1.29, 1.82) is 0 Å². The highest BCUT2D eigenvalue weighted by molar-refractivity contribution is 6.04. The number of alkyl halides is 3. The van der Waals surface area contributed by atoms with Crippen LogP contribution in [0.3, 0.4) is 0 Å². The highest BCUT2D eigenvalue weighted by Crippen LogP contribution is 2.34. The molecule has 200 valence electrons. The van der Waals surface area contributed by atoms with E-state index >= 15 is 0 Å². The number of amides is 1. The van der Waals surface area contributed by atoms with Gasteiger partial charge in [-0.15, -0.1) is 0 Å². The fraction of sp³-hybridized carbons (Fsp3) is 0.393. The molecule has 5 rings (SSSR count). The van der Waals surface area contributed by atoms with Crippen LogP contribution in [0.5, 0.6) is 0 Å². The molecule has 3 aromatic rings. The summed E-state index contributed by atoms with van der Waals surface area (Å²) in [5.41, 5.74) is 3.36. The standard InChI is InChI=1S/C28H31F3N6O/c1-19-15-37(25-13-32-18-33-14-25)17-22-11-21(3-4-26(19)22)27(38)34-24-10-20(9-23(12-24)28(29,30)31)16-36-7-5-35(2)6-8-36/h3-4,9-14,18-19H,5-8,15-17H2,1-2H3,(H,34,38)/t19-/m1/s1. The Morgan fingerprint density at radius 1 is 1.05 bits per heavy atom. The van der Waals surface area contributed by atoms with E-state index in [1.807, 2.05) is 19.2 Å². The Kier molecular flexibility index (Phi) is 7.36. The van der Waals surface area contributed by atoms with Crippen LogP contribution in [0.2, 0.25) is 0 Å². The number of anilines is 2. The number of hydrogen-bond donors (Lipinski definition) is 1. The maximum Gasteiger partial charge on any atom is 0.416 e. The van der Waals surface area contributed by atoms with Gasteiger partial charge in [-0.25, -0.2) is 9.97 Å². The molecule has 1 N–H and O–H groups in total. The lowest BCUT2D eigenvalue weighted by Crippen LogP contribution is -2.43. The van der Waals surface area contributed by atoms with Gasteiger partial charge in [0.1, 0.15) is 6.33 Å². The first-order chi connectivity index (χ1) is 18.2. The topological polar surface area (TPSA) is 64.6 Å². The Labute approximate surface area is 220 Å². The molecular formula is C28H31F3N6O. The number of likely N-dealkylation sites (N-methyl/N-ethyl adjacent to an activating group) is 1. The molecule has 2 aliphatic rings. The Balaban J connectivity index is 1.36. The monoisotopic (exact) mass is 524 g/mol. The van der Waals surface area contributed by atoms with Gasteiger partial charge in [0.25, 0.3) is 5.91 Å². The van der Waals surface area contributed by atoms with Crippen LogP contribution in [0.25, 0.3) is 0 Å². The van der Waals surface area contributed by atoms with Crippen molar-refractivity contribution in [3.63, 3.8) is 0 Å². The molecule has 1 fully saturated rings. The van der Waals surface area contributed by atoms with Crippen LogP contribution >= 0.6 is 0 Å². The predicted molar refractivity (Wildman–Crippen MR) is 140 cm³/mol. The van der Waals surface area contributed by atoms with Gasteiger partial charge in [-0.2, -0.15) is 13.2 Å². The van der Waals surface area contributed by atoms with Gasteiger partial charge >= 0.3 is 6.18 Å². The number of hydrogen-bond acceptors (Lipinski definition) is 6. The summed E-state index contributed by atoms with van der Waals surface area (Å²) in [5, 5.41) is 2.72. The van der Waals surface area contributed by atoms with E-state index in [1.54, 1.807) is 24.5 Å². The van der Waals surface area contributed by atoms with Gasteiger partial charge in [-0.3, -0.25) is 9.69 Å². The van der Waals surface area contributed by atoms with Crippen LogP contribution in [0.4, 0.5) is 24.5 Å². The Bertz CT molecular complexity index is 1290. The molecule has 0 saturated carbocycles. The highest BCUT2D eigenvalue weighted by atomic mass is 19.4. The third-order valence-corrected chi connectivity index (χ3v) is 7.28. The molecule has 2 aliphatic heterocycles. The molecule has 0 unspecified atom stereocenters. The van der Waals surface area contributed by atoms with Gasteiger partial charge in [0, 0.05) is 57.1 Å². The van der Waals surface area contributed by atoms with Gasteiger partial charge in [-0.05, 0) is 60.0 Å². The normalized spacial score (nSPS) is 18.8. The van der Waals surface area contributed by atoms with Crippen molar-refractivity contribution in [2.45, 2.75) is 32.1 Å². The molecule has 0 aliphatic carbocycles. The predicted octanol–water partition coefficient (Wildman–Crippen LogP) is 4.62. The lowest BCUT2D eigenvalue weighted by atomic mass is 9.89. The quantitative estimate of drug-likeness (QED) is 0.526. The molecule has 38 heavy (non-hydrogen) atoms. The third-order valence-electron chi connectivity index (χ3n) is 7.28. The second-order valence-corrected chi connectivity index (χ2v) is 10.2. The third kappa shape index (κ3) is 5.97. The first kappa shape index (κ1) is 26.1. The van der Waals surface area contributed by atoms with Gasteiger partial charge in [0.2, 0.25) is 0 Å². The van der Waals surface area contributed by atoms with E-state index in [1.165, 1.54) is 12.4 Å². The molecule has 7 nitrogen and oxygen atoms in total. The molecule has 0 radical (unpaired) electrons. The van der Waals surface area contributed by atoms with Gasteiger partial charge in [-0.1, -0.05) is 13.0 Å². The molecule has 0 bridgehead atoms. The van der Waals surface area contributed by atoms with Crippen molar-refractivity contribution in [3.8, 4) is 0 Å². The zero-order chi connectivity index (χ0) is 26.9. The van der Waals surface area contributed by atoms with Gasteiger partial charge < -0.3 is 15.1 Å². The zero-order valence-corrected chi connectivity index (χ0v) is 21.5. The molecular weight excluding hydrogens is 493 g/mol. The number of nitrogens with zero attached hydrogens (tertiary/aromatic N) is 5. The van der Waals surface area contributed by atoms with Crippen molar-refractivity contribution < 1.29 is 18.0 Å². The van der Waals surface area contributed by atoms with Crippen molar-refractivity contribution in [2.75, 3.05) is 50.0 Å². The number of nitrogens with one attached hydrogen (secondary N) is 1. The molecule has 3 heterocycles. The number of carbonyl (C=O) groups excluding carboxylic acids is 1. The van der Waals surface area contributed by atoms with Crippen molar-refractivity contribution in [2.24, 2.45) is 0 Å². The lowest BCUT2D eigenvalue weighted by molar-refractivity contribution is -0.137. The number of benzene rings is 2. The summed E-state index contributed by atoms with van der Waals surface area (Å²) in [6.07, 6.45) is 0.491. The van der Waals surface area contributed by atoms with Gasteiger partial charge in [0.15, 0.2) is 0 Å². The molecule has 1 amide bonds. The van der Waals surface area contributed by atoms with Crippen LogP contribution in [0, 0.1) is 0 Å². The summed E-state index contributed by atoms with van der Waals surface area (Å²) in [7, 11) is 2.03.